The van der Waals surface area contributed by atoms with Crippen molar-refractivity contribution in [1.29, 1.82) is 5.26 Å². The molecule has 10 nitrogen and oxygen atoms in total. The number of fused-ring (bicyclic) bond motifs is 1. The number of nitrogens with two attached hydrogens (primary N) is 1. The first-order chi connectivity index (χ1) is 19.2. The van der Waals surface area contributed by atoms with Gasteiger partial charge in [0.25, 0.3) is 0 Å². The van der Waals surface area contributed by atoms with E-state index in [1.54, 1.807) is 12.1 Å². The van der Waals surface area contributed by atoms with Crippen LogP contribution >= 0.6 is 0 Å². The van der Waals surface area contributed by atoms with Crippen LogP contribution in [0.2, 0.25) is 0 Å². The number of ether oxygens (including phenoxy) is 1. The summed E-state index contributed by atoms with van der Waals surface area (Å²) in [4.78, 5) is 18.7. The van der Waals surface area contributed by atoms with E-state index in [0.29, 0.717) is 11.1 Å². The first-order valence-corrected chi connectivity index (χ1v) is 14.1. The number of nitrogens with zero attached hydrogens (tertiary/aromatic N) is 7. The van der Waals surface area contributed by atoms with Crippen LogP contribution in [0, 0.1) is 18.3 Å². The fourth-order valence-corrected chi connectivity index (χ4v) is 6.39. The molecule has 3 aliphatic heterocycles. The molecule has 3 fully saturated rings. The van der Waals surface area contributed by atoms with E-state index < -0.39 is 0 Å². The Morgan fingerprint density at radius 1 is 1.00 bits per heavy atom. The van der Waals surface area contributed by atoms with E-state index in [1.165, 1.54) is 5.69 Å². The Hall–Kier alpha value is -3.65. The minimum atomic E-state index is -0.102. The van der Waals surface area contributed by atoms with Crippen LogP contribution in [0.5, 0.6) is 5.88 Å². The van der Waals surface area contributed by atoms with Gasteiger partial charge in [0.1, 0.15) is 11.9 Å². The third kappa shape index (κ3) is 5.24. The summed E-state index contributed by atoms with van der Waals surface area (Å²) in [5.74, 6) is 0.961. The highest BCUT2D eigenvalue weighted by atomic mass is 16.5. The van der Waals surface area contributed by atoms with E-state index in [4.69, 9.17) is 15.5 Å². The van der Waals surface area contributed by atoms with Crippen molar-refractivity contribution >= 4 is 28.1 Å². The summed E-state index contributed by atoms with van der Waals surface area (Å²) in [6.07, 6.45) is 0.139. The number of hydrogen-bond acceptors (Lipinski definition) is 10. The van der Waals surface area contributed by atoms with Crippen LogP contribution in [0.1, 0.15) is 25.1 Å². The number of aromatic nitrogens is 2. The molecule has 6 rings (SSSR count). The van der Waals surface area contributed by atoms with Crippen molar-refractivity contribution in [2.75, 3.05) is 73.6 Å². The standard InChI is InChI=1S/C30H38N8O2/c1-20-15-37(26-6-4-22(14-31)29-24(26)5-9-28(39)34-29)17-23(40-20)16-35-10-12-36(13-11-35)27-8-7-25(21(2)33-27)38-18-30(3,32)19-38/h4-9,20,23H,10-13,15-19,32H2,1-3H3,(H,34,39). The third-order valence-corrected chi connectivity index (χ3v) is 8.25. The number of aryl methyl sites for hydroxylation is 1. The molecule has 0 aliphatic carbocycles. The Bertz CT molecular complexity index is 1440. The molecule has 3 aliphatic rings. The normalized spacial score (nSPS) is 23.2. The maximum atomic E-state index is 9.91. The molecule has 3 aromatic rings. The lowest BCUT2D eigenvalue weighted by Gasteiger charge is -2.47. The van der Waals surface area contributed by atoms with Crippen LogP contribution in [0.25, 0.3) is 10.9 Å². The molecule has 210 valence electrons. The monoisotopic (exact) mass is 542 g/mol. The number of morpholine rings is 1. The molecule has 2 atom stereocenters. The molecule has 0 bridgehead atoms. The highest BCUT2D eigenvalue weighted by molar-refractivity contribution is 5.95. The van der Waals surface area contributed by atoms with Gasteiger partial charge in [-0.25, -0.2) is 9.97 Å². The average molecular weight is 543 g/mol. The van der Waals surface area contributed by atoms with Crippen LogP contribution < -0.4 is 20.4 Å². The molecule has 1 aromatic carbocycles. The zero-order valence-electron chi connectivity index (χ0n) is 23.5. The van der Waals surface area contributed by atoms with E-state index in [9.17, 15) is 10.4 Å². The molecule has 3 saturated heterocycles. The van der Waals surface area contributed by atoms with Gasteiger partial charge in [-0.15, -0.1) is 0 Å². The fraction of sp³-hybridized carbons (Fsp3) is 0.500. The van der Waals surface area contributed by atoms with E-state index in [1.807, 2.05) is 12.1 Å². The molecule has 2 unspecified atom stereocenters. The lowest BCUT2D eigenvalue weighted by atomic mass is 9.93. The predicted octanol–water partition coefficient (Wildman–Crippen LogP) is 2.47. The van der Waals surface area contributed by atoms with Crippen molar-refractivity contribution in [3.05, 3.63) is 47.7 Å². The molecular formula is C30H38N8O2. The van der Waals surface area contributed by atoms with Crippen LogP contribution in [-0.2, 0) is 4.74 Å². The number of nitriles is 1. The lowest BCUT2D eigenvalue weighted by Crippen LogP contribution is -2.65. The number of piperazine rings is 1. The fourth-order valence-electron chi connectivity index (χ4n) is 6.39. The molecular weight excluding hydrogens is 504 g/mol. The van der Waals surface area contributed by atoms with Gasteiger partial charge in [0, 0.05) is 81.6 Å². The van der Waals surface area contributed by atoms with Crippen molar-refractivity contribution in [2.45, 2.75) is 38.5 Å². The van der Waals surface area contributed by atoms with Crippen molar-refractivity contribution < 1.29 is 9.84 Å². The zero-order chi connectivity index (χ0) is 28.0. The van der Waals surface area contributed by atoms with E-state index >= 15 is 0 Å². The molecule has 5 heterocycles. The lowest BCUT2D eigenvalue weighted by molar-refractivity contribution is -0.0327. The molecule has 0 spiro atoms. The van der Waals surface area contributed by atoms with Gasteiger partial charge in [-0.3, -0.25) is 4.90 Å². The van der Waals surface area contributed by atoms with Crippen LogP contribution in [-0.4, -0.2) is 96.6 Å². The van der Waals surface area contributed by atoms with Gasteiger partial charge in [0.15, 0.2) is 0 Å². The van der Waals surface area contributed by atoms with E-state index in [0.717, 1.165) is 81.5 Å². The first-order valence-electron chi connectivity index (χ1n) is 14.1. The van der Waals surface area contributed by atoms with Crippen molar-refractivity contribution in [2.24, 2.45) is 5.73 Å². The summed E-state index contributed by atoms with van der Waals surface area (Å²) < 4.78 is 6.38. The van der Waals surface area contributed by atoms with Gasteiger partial charge < -0.3 is 30.3 Å². The maximum absolute atomic E-state index is 9.91. The number of benzene rings is 1. The maximum Gasteiger partial charge on any atom is 0.211 e. The summed E-state index contributed by atoms with van der Waals surface area (Å²) in [5.41, 5.74) is 10.4. The average Bonchev–Trinajstić information content (AvgIpc) is 2.91. The highest BCUT2D eigenvalue weighted by Crippen LogP contribution is 2.32. The Morgan fingerprint density at radius 3 is 2.45 bits per heavy atom. The Labute approximate surface area is 235 Å². The summed E-state index contributed by atoms with van der Waals surface area (Å²) in [5, 5.41) is 20.3. The Kier molecular flexibility index (Phi) is 6.90. The summed E-state index contributed by atoms with van der Waals surface area (Å²) >= 11 is 0. The van der Waals surface area contributed by atoms with E-state index in [-0.39, 0.29) is 23.6 Å². The van der Waals surface area contributed by atoms with Gasteiger partial charge in [0.05, 0.1) is 34.7 Å². The minimum Gasteiger partial charge on any atom is -0.493 e. The zero-order valence-corrected chi connectivity index (χ0v) is 23.5. The van der Waals surface area contributed by atoms with Crippen molar-refractivity contribution in [1.82, 2.24) is 14.9 Å². The summed E-state index contributed by atoms with van der Waals surface area (Å²) in [6, 6.07) is 13.7. The second kappa shape index (κ2) is 10.4. The molecule has 10 heteroatoms. The second-order valence-electron chi connectivity index (χ2n) is 11.9. The largest absolute Gasteiger partial charge is 0.493 e. The van der Waals surface area contributed by atoms with Gasteiger partial charge in [-0.2, -0.15) is 5.26 Å². The SMILES string of the molecule is Cc1nc(N2CCN(CC3CN(c4ccc(C#N)c5nc(O)ccc45)CC(C)O3)CC2)ccc1N1CC(C)(N)C1. The minimum absolute atomic E-state index is 0.0653. The number of anilines is 3. The number of pyridine rings is 2. The summed E-state index contributed by atoms with van der Waals surface area (Å²) in [6.45, 7) is 14.2. The van der Waals surface area contributed by atoms with Gasteiger partial charge in [-0.05, 0) is 51.1 Å². The number of aromatic hydroxyl groups is 1. The molecule has 2 aromatic heterocycles. The Morgan fingerprint density at radius 2 is 1.75 bits per heavy atom. The van der Waals surface area contributed by atoms with Gasteiger partial charge in [0.2, 0.25) is 5.88 Å². The quantitative estimate of drug-likeness (QED) is 0.498. The summed E-state index contributed by atoms with van der Waals surface area (Å²) in [7, 11) is 0. The van der Waals surface area contributed by atoms with Gasteiger partial charge >= 0.3 is 0 Å². The molecule has 3 N–H and O–H groups in total. The van der Waals surface area contributed by atoms with Crippen molar-refractivity contribution in [3.8, 4) is 11.9 Å². The number of hydrogen-bond donors (Lipinski definition) is 2. The number of rotatable bonds is 5. The first kappa shape index (κ1) is 26.6. The third-order valence-electron chi connectivity index (χ3n) is 8.25. The molecule has 0 amide bonds. The molecule has 40 heavy (non-hydrogen) atoms. The molecule has 0 radical (unpaired) electrons. The van der Waals surface area contributed by atoms with Crippen molar-refractivity contribution in [3.63, 3.8) is 0 Å². The van der Waals surface area contributed by atoms with Crippen LogP contribution in [0.4, 0.5) is 17.2 Å². The van der Waals surface area contributed by atoms with E-state index in [2.05, 4.69) is 63.6 Å². The highest BCUT2D eigenvalue weighted by Gasteiger charge is 2.36. The topological polar surface area (TPSA) is 118 Å². The second-order valence-corrected chi connectivity index (χ2v) is 11.9. The smallest absolute Gasteiger partial charge is 0.211 e. The molecule has 0 saturated carbocycles. The van der Waals surface area contributed by atoms with Gasteiger partial charge in [-0.1, -0.05) is 0 Å². The Balaban J connectivity index is 1.08. The predicted molar refractivity (Wildman–Crippen MR) is 157 cm³/mol. The van der Waals surface area contributed by atoms with Crippen LogP contribution in [0.15, 0.2) is 36.4 Å². The van der Waals surface area contributed by atoms with Crippen LogP contribution in [0.3, 0.4) is 0 Å².